The second-order valence-electron chi connectivity index (χ2n) is 6.54. The molecule has 0 radical (unpaired) electrons. The summed E-state index contributed by atoms with van der Waals surface area (Å²) in [5, 5.41) is 14.8. The smallest absolute Gasteiger partial charge is 0.225 e. The highest BCUT2D eigenvalue weighted by molar-refractivity contribution is 5.79. The van der Waals surface area contributed by atoms with Crippen molar-refractivity contribution in [3.05, 3.63) is 42.2 Å². The third-order valence-electron chi connectivity index (χ3n) is 4.26. The Hall–Kier alpha value is -2.21. The Bertz CT molecular complexity index is 659. The number of hydrogen-bond acceptors (Lipinski definition) is 4. The maximum Gasteiger partial charge on any atom is 0.225 e. The molecule has 3 rings (SSSR count). The van der Waals surface area contributed by atoms with Crippen molar-refractivity contribution in [2.24, 2.45) is 5.92 Å². The molecular weight excluding hydrogens is 290 g/mol. The molecule has 0 aliphatic carbocycles. The molecule has 122 valence electrons. The van der Waals surface area contributed by atoms with Gasteiger partial charge in [0.25, 0.3) is 0 Å². The van der Waals surface area contributed by atoms with E-state index in [0.29, 0.717) is 0 Å². The fourth-order valence-electron chi connectivity index (χ4n) is 2.81. The van der Waals surface area contributed by atoms with Crippen LogP contribution in [0.5, 0.6) is 0 Å². The maximum atomic E-state index is 12.5. The van der Waals surface area contributed by atoms with Crippen molar-refractivity contribution in [2.45, 2.75) is 32.2 Å². The van der Waals surface area contributed by atoms with Crippen molar-refractivity contribution >= 4 is 5.91 Å². The minimum atomic E-state index is -0.554. The van der Waals surface area contributed by atoms with Gasteiger partial charge in [-0.1, -0.05) is 23.4 Å². The topological polar surface area (TPSA) is 71.8 Å². The van der Waals surface area contributed by atoms with Crippen LogP contribution in [0.1, 0.15) is 32.4 Å². The summed E-state index contributed by atoms with van der Waals surface area (Å²) in [6.07, 6.45) is 3.85. The number of benzene rings is 1. The molecule has 1 unspecified atom stereocenters. The number of amides is 1. The van der Waals surface area contributed by atoms with Gasteiger partial charge < -0.3 is 10.6 Å². The summed E-state index contributed by atoms with van der Waals surface area (Å²) in [6, 6.07) is 9.82. The normalized spacial score (nSPS) is 18.6. The number of carbonyl (C=O) groups is 1. The first-order valence-electron chi connectivity index (χ1n) is 8.07. The zero-order chi connectivity index (χ0) is 16.3. The van der Waals surface area contributed by atoms with Gasteiger partial charge in [0.15, 0.2) is 0 Å². The molecule has 1 saturated heterocycles. The quantitative estimate of drug-likeness (QED) is 0.900. The molecule has 0 saturated carbocycles. The molecule has 0 bridgehead atoms. The van der Waals surface area contributed by atoms with Crippen LogP contribution in [0.4, 0.5) is 0 Å². The standard InChI is InChI=1S/C17H23N5O/c1-17(2,19-16(23)13-7-6-10-18-11-13)15-12-22(21-20-15)14-8-4-3-5-9-14/h3-5,8-9,12-13,18H,6-7,10-11H2,1-2H3,(H,19,23). The van der Waals surface area contributed by atoms with Crippen LogP contribution in [-0.2, 0) is 10.3 Å². The van der Waals surface area contributed by atoms with E-state index in [1.165, 1.54) is 0 Å². The average molecular weight is 313 g/mol. The van der Waals surface area contributed by atoms with E-state index in [4.69, 9.17) is 0 Å². The summed E-state index contributed by atoms with van der Waals surface area (Å²) >= 11 is 0. The van der Waals surface area contributed by atoms with Gasteiger partial charge in [-0.15, -0.1) is 5.10 Å². The van der Waals surface area contributed by atoms with Gasteiger partial charge in [-0.25, -0.2) is 4.68 Å². The second-order valence-corrected chi connectivity index (χ2v) is 6.54. The predicted octanol–water partition coefficient (Wildman–Crippen LogP) is 1.62. The van der Waals surface area contributed by atoms with E-state index in [-0.39, 0.29) is 11.8 Å². The van der Waals surface area contributed by atoms with E-state index in [9.17, 15) is 4.79 Å². The molecule has 1 aromatic carbocycles. The molecule has 1 aromatic heterocycles. The Morgan fingerprint density at radius 1 is 1.35 bits per heavy atom. The lowest BCUT2D eigenvalue weighted by Crippen LogP contribution is -2.47. The van der Waals surface area contributed by atoms with Gasteiger partial charge in [-0.3, -0.25) is 4.79 Å². The summed E-state index contributed by atoms with van der Waals surface area (Å²) in [6.45, 7) is 5.66. The molecule has 1 aliphatic rings. The number of hydrogen-bond donors (Lipinski definition) is 2. The number of nitrogens with one attached hydrogen (secondary N) is 2. The number of rotatable bonds is 4. The lowest BCUT2D eigenvalue weighted by atomic mass is 9.95. The number of carbonyl (C=O) groups excluding carboxylic acids is 1. The van der Waals surface area contributed by atoms with Crippen molar-refractivity contribution in [1.82, 2.24) is 25.6 Å². The monoisotopic (exact) mass is 313 g/mol. The first-order valence-corrected chi connectivity index (χ1v) is 8.07. The van der Waals surface area contributed by atoms with E-state index in [1.54, 1.807) is 4.68 Å². The number of piperidine rings is 1. The van der Waals surface area contributed by atoms with Crippen molar-refractivity contribution < 1.29 is 4.79 Å². The van der Waals surface area contributed by atoms with Crippen LogP contribution >= 0.6 is 0 Å². The van der Waals surface area contributed by atoms with Gasteiger partial charge >= 0.3 is 0 Å². The zero-order valence-electron chi connectivity index (χ0n) is 13.6. The summed E-state index contributed by atoms with van der Waals surface area (Å²) in [4.78, 5) is 12.5. The lowest BCUT2D eigenvalue weighted by Gasteiger charge is -2.28. The van der Waals surface area contributed by atoms with Crippen molar-refractivity contribution in [2.75, 3.05) is 13.1 Å². The van der Waals surface area contributed by atoms with Gasteiger partial charge in [0.1, 0.15) is 5.69 Å². The minimum absolute atomic E-state index is 0.0344. The number of para-hydroxylation sites is 1. The lowest BCUT2D eigenvalue weighted by molar-refractivity contribution is -0.127. The van der Waals surface area contributed by atoms with Gasteiger partial charge in [-0.05, 0) is 45.4 Å². The van der Waals surface area contributed by atoms with Gasteiger partial charge in [0, 0.05) is 6.54 Å². The molecule has 1 fully saturated rings. The van der Waals surface area contributed by atoms with Crippen molar-refractivity contribution in [3.8, 4) is 5.69 Å². The van der Waals surface area contributed by atoms with Crippen LogP contribution in [0.3, 0.4) is 0 Å². The fraction of sp³-hybridized carbons (Fsp3) is 0.471. The Morgan fingerprint density at radius 2 is 2.13 bits per heavy atom. The zero-order valence-corrected chi connectivity index (χ0v) is 13.6. The molecule has 6 nitrogen and oxygen atoms in total. The van der Waals surface area contributed by atoms with E-state index in [2.05, 4.69) is 20.9 Å². The summed E-state index contributed by atoms with van der Waals surface area (Å²) in [5.41, 5.74) is 1.14. The van der Waals surface area contributed by atoms with E-state index < -0.39 is 5.54 Å². The molecule has 0 spiro atoms. The average Bonchev–Trinajstić information content (AvgIpc) is 3.07. The van der Waals surface area contributed by atoms with E-state index in [1.807, 2.05) is 50.4 Å². The third kappa shape index (κ3) is 3.59. The van der Waals surface area contributed by atoms with Crippen LogP contribution in [0.2, 0.25) is 0 Å². The Kier molecular flexibility index (Phi) is 4.43. The summed E-state index contributed by atoms with van der Waals surface area (Å²) in [7, 11) is 0. The van der Waals surface area contributed by atoms with Gasteiger partial charge in [0.05, 0.1) is 23.3 Å². The maximum absolute atomic E-state index is 12.5. The SMILES string of the molecule is CC(C)(NC(=O)C1CCCNC1)c1cn(-c2ccccc2)nn1. The first kappa shape index (κ1) is 15.7. The second kappa shape index (κ2) is 6.50. The van der Waals surface area contributed by atoms with Crippen molar-refractivity contribution in [1.29, 1.82) is 0 Å². The van der Waals surface area contributed by atoms with Gasteiger partial charge in [-0.2, -0.15) is 0 Å². The molecule has 23 heavy (non-hydrogen) atoms. The molecule has 1 amide bonds. The van der Waals surface area contributed by atoms with Crippen molar-refractivity contribution in [3.63, 3.8) is 0 Å². The summed E-state index contributed by atoms with van der Waals surface area (Å²) in [5.74, 6) is 0.114. The molecule has 2 aromatic rings. The predicted molar refractivity (Wildman–Crippen MR) is 88.1 cm³/mol. The highest BCUT2D eigenvalue weighted by Crippen LogP contribution is 2.20. The molecule has 2 N–H and O–H groups in total. The third-order valence-corrected chi connectivity index (χ3v) is 4.26. The molecule has 2 heterocycles. The highest BCUT2D eigenvalue weighted by atomic mass is 16.2. The molecule has 1 aliphatic heterocycles. The largest absolute Gasteiger partial charge is 0.345 e. The molecular formula is C17H23N5O. The first-order chi connectivity index (χ1) is 11.1. The summed E-state index contributed by atoms with van der Waals surface area (Å²) < 4.78 is 1.73. The van der Waals surface area contributed by atoms with Crippen LogP contribution in [0.25, 0.3) is 5.69 Å². The Labute approximate surface area is 136 Å². The minimum Gasteiger partial charge on any atom is -0.345 e. The van der Waals surface area contributed by atoms with Crippen LogP contribution in [0, 0.1) is 5.92 Å². The number of aromatic nitrogens is 3. The molecule has 6 heteroatoms. The Morgan fingerprint density at radius 3 is 2.83 bits per heavy atom. The fourth-order valence-corrected chi connectivity index (χ4v) is 2.81. The van der Waals surface area contributed by atoms with Crippen LogP contribution in [-0.4, -0.2) is 34.0 Å². The van der Waals surface area contributed by atoms with E-state index >= 15 is 0 Å². The molecule has 1 atom stereocenters. The van der Waals surface area contributed by atoms with Crippen LogP contribution < -0.4 is 10.6 Å². The van der Waals surface area contributed by atoms with Crippen LogP contribution in [0.15, 0.2) is 36.5 Å². The Balaban J connectivity index is 1.72. The number of nitrogens with zero attached hydrogens (tertiary/aromatic N) is 3. The highest BCUT2D eigenvalue weighted by Gasteiger charge is 2.30. The van der Waals surface area contributed by atoms with E-state index in [0.717, 1.165) is 37.3 Å². The van der Waals surface area contributed by atoms with Gasteiger partial charge in [0.2, 0.25) is 5.91 Å².